The number of halogens is 1. The van der Waals surface area contributed by atoms with E-state index in [1.165, 1.54) is 25.7 Å². The first-order valence-corrected chi connectivity index (χ1v) is 4.12. The Morgan fingerprint density at radius 1 is 1.22 bits per heavy atom. The highest BCUT2D eigenvalue weighted by Crippen LogP contribution is 2.16. The van der Waals surface area contributed by atoms with Gasteiger partial charge in [-0.25, -0.2) is 0 Å². The van der Waals surface area contributed by atoms with Gasteiger partial charge in [0.2, 0.25) is 0 Å². The Hall–Kier alpha value is 0.0300. The summed E-state index contributed by atoms with van der Waals surface area (Å²) in [6, 6.07) is 0. The molecule has 52 valence electrons. The molecule has 0 nitrogen and oxygen atoms in total. The van der Waals surface area contributed by atoms with Crippen LogP contribution in [0, 0.1) is 0 Å². The van der Waals surface area contributed by atoms with Crippen LogP contribution in [0.1, 0.15) is 32.1 Å². The number of allylic oxidation sites excluding steroid dienone is 2. The lowest BCUT2D eigenvalue weighted by Gasteiger charge is -2.07. The maximum atomic E-state index is 5.94. The lowest BCUT2D eigenvalue weighted by Crippen LogP contribution is -1.97. The van der Waals surface area contributed by atoms with Gasteiger partial charge in [0.25, 0.3) is 0 Å². The Kier molecular flexibility index (Phi) is 3.13. The smallest absolute Gasteiger partial charge is 0.0370 e. The molecule has 0 fully saturated rings. The molecule has 1 heteroatoms. The van der Waals surface area contributed by atoms with Crippen molar-refractivity contribution in [1.82, 2.24) is 0 Å². The van der Waals surface area contributed by atoms with Crippen molar-refractivity contribution in [2.45, 2.75) is 37.5 Å². The van der Waals surface area contributed by atoms with Crippen LogP contribution >= 0.6 is 11.6 Å². The average molecular weight is 145 g/mol. The van der Waals surface area contributed by atoms with Crippen molar-refractivity contribution in [3.63, 3.8) is 0 Å². The van der Waals surface area contributed by atoms with Gasteiger partial charge < -0.3 is 0 Å². The quantitative estimate of drug-likeness (QED) is 0.362. The van der Waals surface area contributed by atoms with Gasteiger partial charge in [-0.2, -0.15) is 0 Å². The zero-order chi connectivity index (χ0) is 6.53. The SMILES string of the molecule is ClC1C/C=C\CCCC1. The Bertz CT molecular complexity index is 96.7. The van der Waals surface area contributed by atoms with Gasteiger partial charge in [0.1, 0.15) is 0 Å². The fourth-order valence-electron chi connectivity index (χ4n) is 1.11. The number of hydrogen-bond acceptors (Lipinski definition) is 0. The van der Waals surface area contributed by atoms with E-state index in [1.54, 1.807) is 0 Å². The predicted molar refractivity (Wildman–Crippen MR) is 41.9 cm³/mol. The Labute approximate surface area is 61.9 Å². The molecular weight excluding hydrogens is 132 g/mol. The predicted octanol–water partition coefficient (Wildman–Crippen LogP) is 3.11. The second-order valence-corrected chi connectivity index (χ2v) is 3.21. The van der Waals surface area contributed by atoms with Crippen molar-refractivity contribution < 1.29 is 0 Å². The molecule has 0 bridgehead atoms. The molecule has 0 heterocycles. The molecule has 1 rings (SSSR count). The molecule has 9 heavy (non-hydrogen) atoms. The third kappa shape index (κ3) is 2.90. The first kappa shape index (κ1) is 7.14. The molecule has 0 radical (unpaired) electrons. The lowest BCUT2D eigenvalue weighted by molar-refractivity contribution is 0.644. The molecule has 0 amide bonds. The van der Waals surface area contributed by atoms with Gasteiger partial charge in [0.05, 0.1) is 0 Å². The van der Waals surface area contributed by atoms with Crippen molar-refractivity contribution in [2.24, 2.45) is 0 Å². The van der Waals surface area contributed by atoms with Crippen LogP contribution in [0.25, 0.3) is 0 Å². The molecule has 1 atom stereocenters. The molecule has 1 unspecified atom stereocenters. The van der Waals surface area contributed by atoms with Crippen molar-refractivity contribution >= 4 is 11.6 Å². The lowest BCUT2D eigenvalue weighted by atomic mass is 10.1. The fourth-order valence-corrected chi connectivity index (χ4v) is 1.36. The average Bonchev–Trinajstić information content (AvgIpc) is 1.79. The van der Waals surface area contributed by atoms with E-state index in [1.807, 2.05) is 0 Å². The number of alkyl halides is 1. The molecule has 0 N–H and O–H groups in total. The Balaban J connectivity index is 2.28. The summed E-state index contributed by atoms with van der Waals surface area (Å²) in [6.07, 6.45) is 10.6. The van der Waals surface area contributed by atoms with E-state index < -0.39 is 0 Å². The van der Waals surface area contributed by atoms with E-state index in [4.69, 9.17) is 11.6 Å². The summed E-state index contributed by atoms with van der Waals surface area (Å²) in [4.78, 5) is 0. The second kappa shape index (κ2) is 3.94. The second-order valence-electron chi connectivity index (χ2n) is 2.59. The summed E-state index contributed by atoms with van der Waals surface area (Å²) in [5.41, 5.74) is 0. The van der Waals surface area contributed by atoms with Crippen LogP contribution < -0.4 is 0 Å². The summed E-state index contributed by atoms with van der Waals surface area (Å²) < 4.78 is 0. The van der Waals surface area contributed by atoms with Gasteiger partial charge >= 0.3 is 0 Å². The fraction of sp³-hybridized carbons (Fsp3) is 0.750. The summed E-state index contributed by atoms with van der Waals surface area (Å²) in [6.45, 7) is 0. The highest BCUT2D eigenvalue weighted by Gasteiger charge is 2.02. The first-order valence-electron chi connectivity index (χ1n) is 3.68. The number of hydrogen-bond donors (Lipinski definition) is 0. The summed E-state index contributed by atoms with van der Waals surface area (Å²) in [7, 11) is 0. The standard InChI is InChI=1S/C8H13Cl/c9-8-6-4-2-1-3-5-7-8/h2,4,8H,1,3,5-7H2/b4-2-. The van der Waals surface area contributed by atoms with Crippen molar-refractivity contribution in [3.05, 3.63) is 12.2 Å². The van der Waals surface area contributed by atoms with Gasteiger partial charge in [-0.3, -0.25) is 0 Å². The van der Waals surface area contributed by atoms with E-state index in [-0.39, 0.29) is 0 Å². The molecule has 0 saturated heterocycles. The number of rotatable bonds is 0. The third-order valence-electron chi connectivity index (χ3n) is 1.70. The third-order valence-corrected chi connectivity index (χ3v) is 2.09. The van der Waals surface area contributed by atoms with Crippen LogP contribution in [0.2, 0.25) is 0 Å². The zero-order valence-corrected chi connectivity index (χ0v) is 6.40. The molecule has 0 aromatic carbocycles. The van der Waals surface area contributed by atoms with Gasteiger partial charge in [-0.1, -0.05) is 18.6 Å². The minimum atomic E-state index is 0.404. The highest BCUT2D eigenvalue weighted by molar-refractivity contribution is 6.20. The van der Waals surface area contributed by atoms with E-state index in [9.17, 15) is 0 Å². The van der Waals surface area contributed by atoms with E-state index in [2.05, 4.69) is 12.2 Å². The van der Waals surface area contributed by atoms with E-state index in [0.717, 1.165) is 6.42 Å². The van der Waals surface area contributed by atoms with Crippen LogP contribution in [-0.4, -0.2) is 5.38 Å². The Morgan fingerprint density at radius 3 is 3.00 bits per heavy atom. The van der Waals surface area contributed by atoms with Crippen LogP contribution in [0.5, 0.6) is 0 Å². The molecule has 0 spiro atoms. The minimum absolute atomic E-state index is 0.404. The zero-order valence-electron chi connectivity index (χ0n) is 5.65. The normalized spacial score (nSPS) is 32.8. The van der Waals surface area contributed by atoms with Crippen LogP contribution in [0.3, 0.4) is 0 Å². The van der Waals surface area contributed by atoms with Gasteiger partial charge in [-0.15, -0.1) is 11.6 Å². The first-order chi connectivity index (χ1) is 4.39. The van der Waals surface area contributed by atoms with E-state index >= 15 is 0 Å². The highest BCUT2D eigenvalue weighted by atomic mass is 35.5. The molecule has 1 aliphatic rings. The molecular formula is C8H13Cl. The molecule has 0 aromatic heterocycles. The minimum Gasteiger partial charge on any atom is -0.123 e. The van der Waals surface area contributed by atoms with Gasteiger partial charge in [-0.05, 0) is 25.7 Å². The van der Waals surface area contributed by atoms with Crippen molar-refractivity contribution in [2.75, 3.05) is 0 Å². The Morgan fingerprint density at radius 2 is 2.11 bits per heavy atom. The van der Waals surface area contributed by atoms with Crippen LogP contribution in [-0.2, 0) is 0 Å². The molecule has 0 aromatic rings. The van der Waals surface area contributed by atoms with Gasteiger partial charge in [0.15, 0.2) is 0 Å². The largest absolute Gasteiger partial charge is 0.123 e. The molecule has 0 saturated carbocycles. The molecule has 0 aliphatic heterocycles. The maximum absolute atomic E-state index is 5.94. The monoisotopic (exact) mass is 144 g/mol. The summed E-state index contributed by atoms with van der Waals surface area (Å²) >= 11 is 5.94. The van der Waals surface area contributed by atoms with Crippen molar-refractivity contribution in [1.29, 1.82) is 0 Å². The maximum Gasteiger partial charge on any atom is 0.0370 e. The topological polar surface area (TPSA) is 0 Å². The molecule has 1 aliphatic carbocycles. The van der Waals surface area contributed by atoms with Crippen molar-refractivity contribution in [3.8, 4) is 0 Å². The van der Waals surface area contributed by atoms with Crippen LogP contribution in [0.4, 0.5) is 0 Å². The van der Waals surface area contributed by atoms with E-state index in [0.29, 0.717) is 5.38 Å². The van der Waals surface area contributed by atoms with Gasteiger partial charge in [0, 0.05) is 5.38 Å². The summed E-state index contributed by atoms with van der Waals surface area (Å²) in [5.74, 6) is 0. The van der Waals surface area contributed by atoms with Crippen LogP contribution in [0.15, 0.2) is 12.2 Å². The summed E-state index contributed by atoms with van der Waals surface area (Å²) in [5, 5.41) is 0.404.